The summed E-state index contributed by atoms with van der Waals surface area (Å²) in [5.41, 5.74) is 1.53. The first-order valence-electron chi connectivity index (χ1n) is 4.71. The molecular formula is C11H8ClNO3S. The molecule has 0 spiro atoms. The SMILES string of the molecule is O=C(O)c1ncsc1COc1cccc(Cl)c1. The van der Waals surface area contributed by atoms with Crippen molar-refractivity contribution in [2.45, 2.75) is 6.61 Å². The Balaban J connectivity index is 2.07. The zero-order valence-electron chi connectivity index (χ0n) is 8.59. The molecule has 0 unspecified atom stereocenters. The van der Waals surface area contributed by atoms with E-state index < -0.39 is 5.97 Å². The van der Waals surface area contributed by atoms with Gasteiger partial charge in [-0.05, 0) is 18.2 Å². The van der Waals surface area contributed by atoms with Crippen molar-refractivity contribution < 1.29 is 14.6 Å². The summed E-state index contributed by atoms with van der Waals surface area (Å²) in [5.74, 6) is -0.446. The lowest BCUT2D eigenvalue weighted by molar-refractivity contribution is 0.0688. The summed E-state index contributed by atoms with van der Waals surface area (Å²) in [5, 5.41) is 9.44. The minimum atomic E-state index is -1.05. The number of carbonyl (C=O) groups is 1. The molecule has 0 saturated carbocycles. The van der Waals surface area contributed by atoms with Gasteiger partial charge in [-0.2, -0.15) is 0 Å². The predicted molar refractivity (Wildman–Crippen MR) is 64.9 cm³/mol. The van der Waals surface area contributed by atoms with Crippen molar-refractivity contribution in [2.75, 3.05) is 0 Å². The summed E-state index contributed by atoms with van der Waals surface area (Å²) >= 11 is 7.05. The molecule has 0 atom stereocenters. The number of benzene rings is 1. The Hall–Kier alpha value is -1.59. The van der Waals surface area contributed by atoms with Crippen molar-refractivity contribution in [3.8, 4) is 5.75 Å². The molecule has 1 heterocycles. The first-order chi connectivity index (χ1) is 8.16. The number of aromatic nitrogens is 1. The smallest absolute Gasteiger partial charge is 0.355 e. The molecule has 0 aliphatic rings. The highest BCUT2D eigenvalue weighted by molar-refractivity contribution is 7.09. The molecular weight excluding hydrogens is 262 g/mol. The predicted octanol–water partition coefficient (Wildman–Crippen LogP) is 3.07. The topological polar surface area (TPSA) is 59.4 Å². The number of halogens is 1. The summed E-state index contributed by atoms with van der Waals surface area (Å²) in [6, 6.07) is 6.93. The standard InChI is InChI=1S/C11H8ClNO3S/c12-7-2-1-3-8(4-7)16-5-9-10(11(14)15)13-6-17-9/h1-4,6H,5H2,(H,14,15). The van der Waals surface area contributed by atoms with Crippen LogP contribution < -0.4 is 4.74 Å². The molecule has 1 aromatic carbocycles. The second-order valence-corrected chi connectivity index (χ2v) is 4.55. The van der Waals surface area contributed by atoms with Crippen LogP contribution in [0.1, 0.15) is 15.4 Å². The molecule has 0 amide bonds. The largest absolute Gasteiger partial charge is 0.488 e. The lowest BCUT2D eigenvalue weighted by Crippen LogP contribution is -2.03. The fourth-order valence-corrected chi connectivity index (χ4v) is 2.10. The molecule has 0 bridgehead atoms. The summed E-state index contributed by atoms with van der Waals surface area (Å²) < 4.78 is 5.44. The van der Waals surface area contributed by atoms with Gasteiger partial charge in [0.1, 0.15) is 12.4 Å². The highest BCUT2D eigenvalue weighted by atomic mass is 35.5. The van der Waals surface area contributed by atoms with Crippen LogP contribution in [0.4, 0.5) is 0 Å². The second-order valence-electron chi connectivity index (χ2n) is 3.18. The van der Waals surface area contributed by atoms with Gasteiger partial charge in [0.2, 0.25) is 0 Å². The quantitative estimate of drug-likeness (QED) is 0.927. The number of aromatic carboxylic acids is 1. The Labute approximate surface area is 106 Å². The van der Waals surface area contributed by atoms with E-state index >= 15 is 0 Å². The normalized spacial score (nSPS) is 10.2. The third kappa shape index (κ3) is 2.95. The number of hydrogen-bond donors (Lipinski definition) is 1. The van der Waals surface area contributed by atoms with Gasteiger partial charge in [0, 0.05) is 5.02 Å². The molecule has 4 nitrogen and oxygen atoms in total. The van der Waals surface area contributed by atoms with Crippen molar-refractivity contribution in [3.63, 3.8) is 0 Å². The van der Waals surface area contributed by atoms with Crippen molar-refractivity contribution in [3.05, 3.63) is 45.4 Å². The Morgan fingerprint density at radius 1 is 1.53 bits per heavy atom. The Morgan fingerprint density at radius 2 is 2.35 bits per heavy atom. The third-order valence-corrected chi connectivity index (χ3v) is 3.05. The van der Waals surface area contributed by atoms with E-state index in [0.717, 1.165) is 0 Å². The van der Waals surface area contributed by atoms with Crippen LogP contribution in [0.3, 0.4) is 0 Å². The molecule has 0 radical (unpaired) electrons. The Bertz CT molecular complexity index is 541. The highest BCUT2D eigenvalue weighted by Crippen LogP contribution is 2.20. The fourth-order valence-electron chi connectivity index (χ4n) is 1.25. The van der Waals surface area contributed by atoms with E-state index in [9.17, 15) is 4.79 Å². The van der Waals surface area contributed by atoms with E-state index in [0.29, 0.717) is 15.6 Å². The lowest BCUT2D eigenvalue weighted by atomic mass is 10.3. The van der Waals surface area contributed by atoms with Crippen LogP contribution in [0.25, 0.3) is 0 Å². The molecule has 17 heavy (non-hydrogen) atoms. The van der Waals surface area contributed by atoms with Crippen molar-refractivity contribution in [1.82, 2.24) is 4.98 Å². The van der Waals surface area contributed by atoms with Crippen LogP contribution in [0.15, 0.2) is 29.8 Å². The van der Waals surface area contributed by atoms with Gasteiger partial charge in [0.15, 0.2) is 5.69 Å². The van der Waals surface area contributed by atoms with Gasteiger partial charge >= 0.3 is 5.97 Å². The van der Waals surface area contributed by atoms with Crippen molar-refractivity contribution >= 4 is 28.9 Å². The Kier molecular flexibility index (Phi) is 3.61. The van der Waals surface area contributed by atoms with Crippen LogP contribution in [0.5, 0.6) is 5.75 Å². The van der Waals surface area contributed by atoms with E-state index in [4.69, 9.17) is 21.4 Å². The van der Waals surface area contributed by atoms with E-state index in [1.165, 1.54) is 16.8 Å². The fraction of sp³-hybridized carbons (Fsp3) is 0.0909. The summed E-state index contributed by atoms with van der Waals surface area (Å²) in [6.07, 6.45) is 0. The maximum Gasteiger partial charge on any atom is 0.355 e. The Morgan fingerprint density at radius 3 is 3.06 bits per heavy atom. The molecule has 0 fully saturated rings. The van der Waals surface area contributed by atoms with Crippen molar-refractivity contribution in [2.24, 2.45) is 0 Å². The van der Waals surface area contributed by atoms with Gasteiger partial charge in [0.05, 0.1) is 10.4 Å². The minimum absolute atomic E-state index is 0.0389. The van der Waals surface area contributed by atoms with E-state index in [1.807, 2.05) is 0 Å². The van der Waals surface area contributed by atoms with Crippen LogP contribution in [-0.4, -0.2) is 16.1 Å². The molecule has 88 valence electrons. The second kappa shape index (κ2) is 5.16. The molecule has 0 aliphatic heterocycles. The van der Waals surface area contributed by atoms with E-state index in [1.54, 1.807) is 24.3 Å². The molecule has 2 aromatic rings. The van der Waals surface area contributed by atoms with E-state index in [2.05, 4.69) is 4.98 Å². The van der Waals surface area contributed by atoms with Gasteiger partial charge in [0.25, 0.3) is 0 Å². The van der Waals surface area contributed by atoms with Gasteiger partial charge in [-0.15, -0.1) is 11.3 Å². The number of carboxylic acids is 1. The van der Waals surface area contributed by atoms with Crippen LogP contribution in [-0.2, 0) is 6.61 Å². The van der Waals surface area contributed by atoms with Gasteiger partial charge in [-0.1, -0.05) is 17.7 Å². The maximum atomic E-state index is 10.8. The number of ether oxygens (including phenoxy) is 1. The first kappa shape index (κ1) is 11.9. The zero-order chi connectivity index (χ0) is 12.3. The monoisotopic (exact) mass is 269 g/mol. The summed E-state index contributed by atoms with van der Waals surface area (Å²) in [4.78, 5) is 15.2. The number of hydrogen-bond acceptors (Lipinski definition) is 4. The first-order valence-corrected chi connectivity index (χ1v) is 5.96. The summed E-state index contributed by atoms with van der Waals surface area (Å²) in [7, 11) is 0. The van der Waals surface area contributed by atoms with Gasteiger partial charge < -0.3 is 9.84 Å². The maximum absolute atomic E-state index is 10.8. The number of carboxylic acid groups (broad SMARTS) is 1. The van der Waals surface area contributed by atoms with E-state index in [-0.39, 0.29) is 12.3 Å². The van der Waals surface area contributed by atoms with Gasteiger partial charge in [-0.3, -0.25) is 0 Å². The average Bonchev–Trinajstić information content (AvgIpc) is 2.74. The number of thiazole rings is 1. The molecule has 6 heteroatoms. The minimum Gasteiger partial charge on any atom is -0.488 e. The van der Waals surface area contributed by atoms with Crippen molar-refractivity contribution in [1.29, 1.82) is 0 Å². The molecule has 2 rings (SSSR count). The lowest BCUT2D eigenvalue weighted by Gasteiger charge is -2.05. The summed E-state index contributed by atoms with van der Waals surface area (Å²) in [6.45, 7) is 0.173. The molecule has 0 saturated heterocycles. The number of rotatable bonds is 4. The molecule has 0 aliphatic carbocycles. The zero-order valence-corrected chi connectivity index (χ0v) is 10.2. The molecule has 1 N–H and O–H groups in total. The van der Waals surface area contributed by atoms with Crippen LogP contribution >= 0.6 is 22.9 Å². The highest BCUT2D eigenvalue weighted by Gasteiger charge is 2.13. The van der Waals surface area contributed by atoms with Crippen LogP contribution in [0, 0.1) is 0 Å². The number of nitrogens with zero attached hydrogens (tertiary/aromatic N) is 1. The van der Waals surface area contributed by atoms with Crippen LogP contribution in [0.2, 0.25) is 5.02 Å². The molecule has 1 aromatic heterocycles. The third-order valence-electron chi connectivity index (χ3n) is 2.01. The average molecular weight is 270 g/mol. The van der Waals surface area contributed by atoms with Gasteiger partial charge in [-0.25, -0.2) is 9.78 Å².